The van der Waals surface area contributed by atoms with E-state index in [0.717, 1.165) is 36.8 Å². The zero-order chi connectivity index (χ0) is 20.7. The Morgan fingerprint density at radius 1 is 1.13 bits per heavy atom. The van der Waals surface area contributed by atoms with E-state index in [4.69, 9.17) is 5.41 Å². The summed E-state index contributed by atoms with van der Waals surface area (Å²) < 4.78 is 2.06. The molecule has 3 aliphatic heterocycles. The molecule has 30 heavy (non-hydrogen) atoms. The quantitative estimate of drug-likeness (QED) is 0.774. The van der Waals surface area contributed by atoms with Crippen molar-refractivity contribution in [2.24, 2.45) is 10.1 Å². The minimum atomic E-state index is -0.389. The van der Waals surface area contributed by atoms with Crippen molar-refractivity contribution in [1.29, 1.82) is 5.41 Å². The van der Waals surface area contributed by atoms with Gasteiger partial charge in [-0.05, 0) is 55.3 Å². The molecule has 0 atom stereocenters. The van der Waals surface area contributed by atoms with E-state index in [9.17, 15) is 4.79 Å². The number of aryl methyl sites for hydroxylation is 1. The highest BCUT2D eigenvalue weighted by atomic mass is 32.2. The summed E-state index contributed by atoms with van der Waals surface area (Å²) in [7, 11) is 0. The SMILES string of the molecule is Cc1ccc(Cn2cccc2/C=C2/C(=N)N3N=C(N4CCCC4)SC3=NC2=O)cc1. The van der Waals surface area contributed by atoms with Crippen molar-refractivity contribution in [2.75, 3.05) is 13.1 Å². The molecule has 1 saturated heterocycles. The van der Waals surface area contributed by atoms with Crippen LogP contribution in [0.15, 0.2) is 58.3 Å². The fourth-order valence-corrected chi connectivity index (χ4v) is 4.70. The topological polar surface area (TPSA) is 77.1 Å². The first-order valence-corrected chi connectivity index (χ1v) is 10.9. The van der Waals surface area contributed by atoms with Gasteiger partial charge in [0.1, 0.15) is 0 Å². The number of hydrogen-bond donors (Lipinski definition) is 1. The second kappa shape index (κ2) is 7.60. The minimum Gasteiger partial charge on any atom is -0.349 e. The van der Waals surface area contributed by atoms with Crippen molar-refractivity contribution in [3.05, 3.63) is 65.0 Å². The van der Waals surface area contributed by atoms with Crippen molar-refractivity contribution in [2.45, 2.75) is 26.3 Å². The number of carbonyl (C=O) groups excluding carboxylic acids is 1. The van der Waals surface area contributed by atoms with Gasteiger partial charge in [0.05, 0.1) is 5.57 Å². The van der Waals surface area contributed by atoms with Crippen molar-refractivity contribution >= 4 is 39.9 Å². The first-order chi connectivity index (χ1) is 14.6. The van der Waals surface area contributed by atoms with Crippen LogP contribution in [0.5, 0.6) is 0 Å². The van der Waals surface area contributed by atoms with E-state index in [0.29, 0.717) is 11.7 Å². The molecule has 1 aromatic heterocycles. The van der Waals surface area contributed by atoms with E-state index in [1.165, 1.54) is 27.9 Å². The van der Waals surface area contributed by atoms with Crippen LogP contribution in [0.2, 0.25) is 0 Å². The molecule has 8 heteroatoms. The van der Waals surface area contributed by atoms with Gasteiger partial charge < -0.3 is 9.47 Å². The van der Waals surface area contributed by atoms with E-state index in [-0.39, 0.29) is 17.3 Å². The molecule has 152 valence electrons. The van der Waals surface area contributed by atoms with Crippen molar-refractivity contribution < 1.29 is 4.79 Å². The van der Waals surface area contributed by atoms with E-state index >= 15 is 0 Å². The third kappa shape index (κ3) is 3.47. The average Bonchev–Trinajstić information content (AvgIpc) is 3.48. The second-order valence-corrected chi connectivity index (χ2v) is 8.58. The number of aromatic nitrogens is 1. The largest absolute Gasteiger partial charge is 0.349 e. The molecule has 1 fully saturated rings. The number of amides is 1. The molecule has 5 rings (SSSR count). The van der Waals surface area contributed by atoms with Crippen molar-refractivity contribution in [3.8, 4) is 0 Å². The first-order valence-electron chi connectivity index (χ1n) is 10.0. The Labute approximate surface area is 179 Å². The lowest BCUT2D eigenvalue weighted by molar-refractivity contribution is -0.114. The average molecular weight is 419 g/mol. The Balaban J connectivity index is 1.41. The van der Waals surface area contributed by atoms with Crippen molar-refractivity contribution in [3.63, 3.8) is 0 Å². The van der Waals surface area contributed by atoms with Gasteiger partial charge in [-0.15, -0.1) is 5.10 Å². The van der Waals surface area contributed by atoms with Crippen LogP contribution in [-0.2, 0) is 11.3 Å². The molecule has 1 aromatic carbocycles. The molecule has 1 N–H and O–H groups in total. The van der Waals surface area contributed by atoms with Crippen LogP contribution < -0.4 is 0 Å². The Hall–Kier alpha value is -3.13. The number of carbonyl (C=O) groups is 1. The predicted octanol–water partition coefficient (Wildman–Crippen LogP) is 3.52. The molecule has 0 unspecified atom stereocenters. The second-order valence-electron chi connectivity index (χ2n) is 7.64. The minimum absolute atomic E-state index is 0.0785. The molecule has 0 bridgehead atoms. The predicted molar refractivity (Wildman–Crippen MR) is 121 cm³/mol. The van der Waals surface area contributed by atoms with Gasteiger partial charge in [0.15, 0.2) is 11.0 Å². The number of hydrogen-bond acceptors (Lipinski definition) is 5. The summed E-state index contributed by atoms with van der Waals surface area (Å²) in [6.45, 7) is 4.69. The van der Waals surface area contributed by atoms with Crippen LogP contribution in [0.4, 0.5) is 0 Å². The lowest BCUT2D eigenvalue weighted by Crippen LogP contribution is -2.35. The van der Waals surface area contributed by atoms with Gasteiger partial charge in [-0.2, -0.15) is 10.0 Å². The van der Waals surface area contributed by atoms with E-state index < -0.39 is 0 Å². The van der Waals surface area contributed by atoms with Crippen LogP contribution in [0.3, 0.4) is 0 Å². The van der Waals surface area contributed by atoms with E-state index in [1.54, 1.807) is 6.08 Å². The van der Waals surface area contributed by atoms with Gasteiger partial charge in [0.25, 0.3) is 5.91 Å². The van der Waals surface area contributed by atoms with E-state index in [2.05, 4.69) is 50.8 Å². The Morgan fingerprint density at radius 2 is 1.90 bits per heavy atom. The van der Waals surface area contributed by atoms with Crippen LogP contribution in [-0.4, -0.2) is 49.6 Å². The highest BCUT2D eigenvalue weighted by Gasteiger charge is 2.37. The molecule has 7 nitrogen and oxygen atoms in total. The van der Waals surface area contributed by atoms with Crippen molar-refractivity contribution in [1.82, 2.24) is 14.5 Å². The maximum Gasteiger partial charge on any atom is 0.283 e. The molecule has 3 aliphatic rings. The fraction of sp³-hybridized carbons (Fsp3) is 0.273. The number of likely N-dealkylation sites (tertiary alicyclic amines) is 1. The van der Waals surface area contributed by atoms with E-state index in [1.807, 2.05) is 18.3 Å². The summed E-state index contributed by atoms with van der Waals surface area (Å²) in [6, 6.07) is 12.3. The number of amidine groups is 3. The Bertz CT molecular complexity index is 1100. The number of hydrazone groups is 1. The smallest absolute Gasteiger partial charge is 0.283 e. The lowest BCUT2D eigenvalue weighted by Gasteiger charge is -2.20. The molecular weight excluding hydrogens is 396 g/mol. The van der Waals surface area contributed by atoms with Gasteiger partial charge >= 0.3 is 0 Å². The third-order valence-electron chi connectivity index (χ3n) is 5.45. The molecule has 0 spiro atoms. The Kier molecular flexibility index (Phi) is 4.78. The van der Waals surface area contributed by atoms with Crippen LogP contribution in [0.1, 0.15) is 29.7 Å². The summed E-state index contributed by atoms with van der Waals surface area (Å²) in [5.41, 5.74) is 3.52. The van der Waals surface area contributed by atoms with Gasteiger partial charge in [0.2, 0.25) is 5.17 Å². The number of fused-ring (bicyclic) bond motifs is 1. The number of thioether (sulfide) groups is 1. The van der Waals surface area contributed by atoms with Gasteiger partial charge in [-0.1, -0.05) is 29.8 Å². The van der Waals surface area contributed by atoms with Gasteiger partial charge in [-0.3, -0.25) is 10.2 Å². The standard InChI is InChI=1S/C22H22N6OS/c1-15-6-8-16(9-7-15)14-27-12-4-5-17(27)13-18-19(23)28-21(24-20(18)29)30-22(25-28)26-10-2-3-11-26/h4-9,12-13,23H,2-3,10-11,14H2,1H3/b18-13-,23-19?. The Morgan fingerprint density at radius 3 is 2.67 bits per heavy atom. The highest BCUT2D eigenvalue weighted by Crippen LogP contribution is 2.30. The zero-order valence-corrected chi connectivity index (χ0v) is 17.5. The molecule has 4 heterocycles. The summed E-state index contributed by atoms with van der Waals surface area (Å²) >= 11 is 1.37. The monoisotopic (exact) mass is 418 g/mol. The first kappa shape index (κ1) is 18.9. The normalized spacial score (nSPS) is 20.1. The molecule has 0 saturated carbocycles. The summed E-state index contributed by atoms with van der Waals surface area (Å²) in [6.07, 6.45) is 6.01. The summed E-state index contributed by atoms with van der Waals surface area (Å²) in [4.78, 5) is 19.1. The van der Waals surface area contributed by atoms with Gasteiger partial charge in [0, 0.05) is 31.5 Å². The number of aliphatic imine (C=N–C) groups is 1. The summed E-state index contributed by atoms with van der Waals surface area (Å²) in [5.74, 6) is -0.311. The lowest BCUT2D eigenvalue weighted by atomic mass is 10.1. The zero-order valence-electron chi connectivity index (χ0n) is 16.7. The number of nitrogens with one attached hydrogen (secondary N) is 1. The third-order valence-corrected chi connectivity index (χ3v) is 6.42. The maximum atomic E-state index is 12.7. The molecule has 1 amide bonds. The van der Waals surface area contributed by atoms with Crippen LogP contribution >= 0.6 is 11.8 Å². The van der Waals surface area contributed by atoms with Gasteiger partial charge in [-0.25, -0.2) is 0 Å². The maximum absolute atomic E-state index is 12.7. The molecule has 2 aromatic rings. The number of rotatable bonds is 3. The molecule has 0 aliphatic carbocycles. The number of benzene rings is 1. The highest BCUT2D eigenvalue weighted by molar-refractivity contribution is 8.26. The fourth-order valence-electron chi connectivity index (χ4n) is 3.76. The summed E-state index contributed by atoms with van der Waals surface area (Å²) in [5, 5.41) is 15.9. The van der Waals surface area contributed by atoms with Crippen LogP contribution in [0.25, 0.3) is 6.08 Å². The van der Waals surface area contributed by atoms with Crippen LogP contribution in [0, 0.1) is 12.3 Å². The number of nitrogens with zero attached hydrogens (tertiary/aromatic N) is 5. The molecular formula is C22H22N6OS. The molecule has 0 radical (unpaired) electrons.